The summed E-state index contributed by atoms with van der Waals surface area (Å²) in [5, 5.41) is 2.91. The van der Waals surface area contributed by atoms with Gasteiger partial charge in [-0.05, 0) is 37.0 Å². The molecule has 0 aromatic heterocycles. The predicted molar refractivity (Wildman–Crippen MR) is 79.7 cm³/mol. The summed E-state index contributed by atoms with van der Waals surface area (Å²) in [5.74, 6) is -0.473. The second-order valence-electron chi connectivity index (χ2n) is 4.86. The van der Waals surface area contributed by atoms with Crippen LogP contribution in [0.5, 0.6) is 0 Å². The molecule has 4 heteroatoms. The molecule has 0 heterocycles. The number of nitrogens with one attached hydrogen (secondary N) is 1. The van der Waals surface area contributed by atoms with E-state index in [4.69, 9.17) is 18.0 Å². The van der Waals surface area contributed by atoms with Gasteiger partial charge >= 0.3 is 0 Å². The van der Waals surface area contributed by atoms with E-state index in [1.54, 1.807) is 0 Å². The van der Waals surface area contributed by atoms with Crippen molar-refractivity contribution in [1.82, 2.24) is 0 Å². The summed E-state index contributed by atoms with van der Waals surface area (Å²) in [7, 11) is 0. The molecule has 0 saturated heterocycles. The third kappa shape index (κ3) is 3.29. The second-order valence-corrected chi connectivity index (χ2v) is 5.33. The summed E-state index contributed by atoms with van der Waals surface area (Å²) in [5.41, 5.74) is 8.66. The lowest BCUT2D eigenvalue weighted by Gasteiger charge is -2.20. The Kier molecular flexibility index (Phi) is 4.84. The number of benzene rings is 1. The van der Waals surface area contributed by atoms with E-state index >= 15 is 0 Å². The van der Waals surface area contributed by atoms with Crippen LogP contribution >= 0.6 is 12.2 Å². The number of nitrogens with two attached hydrogens (primary N) is 1. The topological polar surface area (TPSA) is 55.1 Å². The van der Waals surface area contributed by atoms with Crippen LogP contribution in [0.3, 0.4) is 0 Å². The Labute approximate surface area is 114 Å². The van der Waals surface area contributed by atoms with E-state index in [1.165, 1.54) is 0 Å². The van der Waals surface area contributed by atoms with Gasteiger partial charge in [-0.25, -0.2) is 0 Å². The van der Waals surface area contributed by atoms with Crippen LogP contribution in [-0.4, -0.2) is 10.9 Å². The Bertz CT molecular complexity index is 469. The number of aryl methyl sites for hydroxylation is 1. The first-order valence-electron chi connectivity index (χ1n) is 6.01. The Morgan fingerprint density at radius 1 is 1.33 bits per heavy atom. The highest BCUT2D eigenvalue weighted by atomic mass is 32.1. The molecule has 1 amide bonds. The van der Waals surface area contributed by atoms with E-state index in [2.05, 4.69) is 5.32 Å². The smallest absolute Gasteiger partial charge is 0.234 e. The van der Waals surface area contributed by atoms with Gasteiger partial charge in [0, 0.05) is 5.69 Å². The number of amides is 1. The molecule has 1 rings (SSSR count). The van der Waals surface area contributed by atoms with Gasteiger partial charge in [0.15, 0.2) is 0 Å². The molecule has 0 aliphatic rings. The minimum atomic E-state index is -0.431. The van der Waals surface area contributed by atoms with Crippen LogP contribution in [0.25, 0.3) is 0 Å². The van der Waals surface area contributed by atoms with E-state index in [1.807, 2.05) is 45.9 Å². The highest BCUT2D eigenvalue weighted by Crippen LogP contribution is 2.20. The fraction of sp³-hybridized carbons (Fsp3) is 0.429. The Balaban J connectivity index is 2.93. The fourth-order valence-corrected chi connectivity index (χ4v) is 2.24. The number of carbonyl (C=O) groups excluding carboxylic acids is 1. The number of hydrogen-bond acceptors (Lipinski definition) is 2. The minimum absolute atomic E-state index is 0.0904. The van der Waals surface area contributed by atoms with Crippen LogP contribution in [0.1, 0.15) is 25.0 Å². The molecule has 0 aliphatic heterocycles. The fourth-order valence-electron chi connectivity index (χ4n) is 1.86. The van der Waals surface area contributed by atoms with Gasteiger partial charge in [-0.15, -0.1) is 0 Å². The van der Waals surface area contributed by atoms with Gasteiger partial charge in [0.1, 0.15) is 0 Å². The lowest BCUT2D eigenvalue weighted by atomic mass is 9.94. The minimum Gasteiger partial charge on any atom is -0.393 e. The average Bonchev–Trinajstić information content (AvgIpc) is 2.23. The van der Waals surface area contributed by atoms with Crippen LogP contribution in [0.2, 0.25) is 0 Å². The first-order valence-corrected chi connectivity index (χ1v) is 6.41. The van der Waals surface area contributed by atoms with Crippen molar-refractivity contribution in [2.24, 2.45) is 17.6 Å². The lowest BCUT2D eigenvalue weighted by Crippen LogP contribution is -2.36. The van der Waals surface area contributed by atoms with Crippen molar-refractivity contribution in [3.8, 4) is 0 Å². The molecule has 0 bridgehead atoms. The molecule has 0 radical (unpaired) electrons. The molecule has 1 aromatic rings. The monoisotopic (exact) mass is 264 g/mol. The number of hydrogen-bond donors (Lipinski definition) is 2. The highest BCUT2D eigenvalue weighted by Gasteiger charge is 2.25. The molecule has 0 spiro atoms. The van der Waals surface area contributed by atoms with Gasteiger partial charge in [-0.2, -0.15) is 0 Å². The maximum Gasteiger partial charge on any atom is 0.234 e. The average molecular weight is 264 g/mol. The van der Waals surface area contributed by atoms with E-state index < -0.39 is 5.92 Å². The summed E-state index contributed by atoms with van der Waals surface area (Å²) >= 11 is 4.96. The standard InChI is InChI=1S/C14H20N2OS/c1-8(2)12(13(15)18)14(17)16-11-7-5-6-9(3)10(11)4/h5-8,12H,1-4H3,(H2,15,18)(H,16,17). The van der Waals surface area contributed by atoms with Crippen molar-refractivity contribution in [3.63, 3.8) is 0 Å². The van der Waals surface area contributed by atoms with Crippen LogP contribution in [0, 0.1) is 25.7 Å². The molecule has 18 heavy (non-hydrogen) atoms. The number of thiocarbonyl (C=S) groups is 1. The number of anilines is 1. The summed E-state index contributed by atoms with van der Waals surface area (Å²) in [4.78, 5) is 12.4. The van der Waals surface area contributed by atoms with Crippen LogP contribution in [0.15, 0.2) is 18.2 Å². The van der Waals surface area contributed by atoms with Gasteiger partial charge in [0.25, 0.3) is 0 Å². The van der Waals surface area contributed by atoms with Crippen LogP contribution in [0.4, 0.5) is 5.69 Å². The molecule has 98 valence electrons. The van der Waals surface area contributed by atoms with Gasteiger partial charge in [-0.1, -0.05) is 38.2 Å². The van der Waals surface area contributed by atoms with Crippen molar-refractivity contribution >= 4 is 28.8 Å². The van der Waals surface area contributed by atoms with Crippen molar-refractivity contribution in [1.29, 1.82) is 0 Å². The molecule has 3 nitrogen and oxygen atoms in total. The van der Waals surface area contributed by atoms with Crippen LogP contribution < -0.4 is 11.1 Å². The summed E-state index contributed by atoms with van der Waals surface area (Å²) in [6.07, 6.45) is 0. The van der Waals surface area contributed by atoms with Gasteiger partial charge in [0.05, 0.1) is 10.9 Å². The van der Waals surface area contributed by atoms with Crippen molar-refractivity contribution in [3.05, 3.63) is 29.3 Å². The van der Waals surface area contributed by atoms with E-state index in [0.717, 1.165) is 16.8 Å². The van der Waals surface area contributed by atoms with E-state index in [-0.39, 0.29) is 16.8 Å². The summed E-state index contributed by atoms with van der Waals surface area (Å²) in [6, 6.07) is 5.82. The van der Waals surface area contributed by atoms with E-state index in [0.29, 0.717) is 0 Å². The zero-order valence-electron chi connectivity index (χ0n) is 11.3. The van der Waals surface area contributed by atoms with E-state index in [9.17, 15) is 4.79 Å². The molecular formula is C14H20N2OS. The quantitative estimate of drug-likeness (QED) is 0.822. The third-order valence-electron chi connectivity index (χ3n) is 3.12. The molecule has 1 unspecified atom stereocenters. The molecule has 0 saturated carbocycles. The predicted octanol–water partition coefficient (Wildman–Crippen LogP) is 2.80. The first-order chi connectivity index (χ1) is 8.34. The maximum atomic E-state index is 12.2. The van der Waals surface area contributed by atoms with Crippen molar-refractivity contribution in [2.75, 3.05) is 5.32 Å². The highest BCUT2D eigenvalue weighted by molar-refractivity contribution is 7.80. The first kappa shape index (κ1) is 14.6. The Hall–Kier alpha value is -1.42. The van der Waals surface area contributed by atoms with Crippen molar-refractivity contribution < 1.29 is 4.79 Å². The third-order valence-corrected chi connectivity index (χ3v) is 3.37. The maximum absolute atomic E-state index is 12.2. The second kappa shape index (κ2) is 5.96. The van der Waals surface area contributed by atoms with Crippen molar-refractivity contribution in [2.45, 2.75) is 27.7 Å². The zero-order chi connectivity index (χ0) is 13.9. The normalized spacial score (nSPS) is 12.3. The molecule has 0 fully saturated rings. The van der Waals surface area contributed by atoms with Gasteiger partial charge in [0.2, 0.25) is 5.91 Å². The van der Waals surface area contributed by atoms with Crippen LogP contribution in [-0.2, 0) is 4.79 Å². The lowest BCUT2D eigenvalue weighted by molar-refractivity contribution is -0.118. The number of rotatable bonds is 4. The van der Waals surface area contributed by atoms with Gasteiger partial charge in [-0.3, -0.25) is 4.79 Å². The molecule has 0 aliphatic carbocycles. The summed E-state index contributed by atoms with van der Waals surface area (Å²) < 4.78 is 0. The Morgan fingerprint density at radius 2 is 1.94 bits per heavy atom. The summed E-state index contributed by atoms with van der Waals surface area (Å²) in [6.45, 7) is 7.87. The molecule has 1 atom stereocenters. The van der Waals surface area contributed by atoms with Gasteiger partial charge < -0.3 is 11.1 Å². The molecule has 1 aromatic carbocycles. The Morgan fingerprint density at radius 3 is 2.44 bits per heavy atom. The zero-order valence-corrected chi connectivity index (χ0v) is 12.1. The number of carbonyl (C=O) groups is 1. The molecule has 3 N–H and O–H groups in total. The SMILES string of the molecule is Cc1cccc(NC(=O)C(C(N)=S)C(C)C)c1C. The molecular weight excluding hydrogens is 244 g/mol. The largest absolute Gasteiger partial charge is 0.393 e.